The van der Waals surface area contributed by atoms with Crippen LogP contribution in [0.5, 0.6) is 0 Å². The number of hydrogen-bond acceptors (Lipinski definition) is 5. The Labute approximate surface area is 199 Å². The summed E-state index contributed by atoms with van der Waals surface area (Å²) in [7, 11) is -3.95. The number of aromatic carboxylic acids is 1. The second-order valence-corrected chi connectivity index (χ2v) is 10.9. The third-order valence-electron chi connectivity index (χ3n) is 5.19. The van der Waals surface area contributed by atoms with Crippen LogP contribution in [0.25, 0.3) is 10.6 Å². The van der Waals surface area contributed by atoms with E-state index in [9.17, 15) is 31.5 Å². The number of alkyl halides is 3. The maximum atomic E-state index is 12.8. The first-order valence-corrected chi connectivity index (χ1v) is 12.6. The molecule has 0 spiro atoms. The molecule has 0 aliphatic heterocycles. The molecule has 0 aliphatic carbocycles. The van der Waals surface area contributed by atoms with Crippen LogP contribution in [-0.4, -0.2) is 31.0 Å². The lowest BCUT2D eigenvalue weighted by Gasteiger charge is -2.12. The van der Waals surface area contributed by atoms with Crippen LogP contribution < -0.4 is 4.72 Å². The molecule has 0 unspecified atom stereocenters. The van der Waals surface area contributed by atoms with Gasteiger partial charge in [0, 0.05) is 23.4 Å². The number of hydrogen-bond donors (Lipinski definition) is 2. The Bertz CT molecular complexity index is 1300. The Balaban J connectivity index is 1.71. The van der Waals surface area contributed by atoms with Gasteiger partial charge >= 0.3 is 12.1 Å². The van der Waals surface area contributed by atoms with Gasteiger partial charge in [-0.2, -0.15) is 13.2 Å². The van der Waals surface area contributed by atoms with Gasteiger partial charge in [0.05, 0.1) is 21.7 Å². The van der Waals surface area contributed by atoms with E-state index in [1.54, 1.807) is 6.92 Å². The van der Waals surface area contributed by atoms with E-state index in [1.807, 2.05) is 13.8 Å². The topological polar surface area (TPSA) is 96.4 Å². The summed E-state index contributed by atoms with van der Waals surface area (Å²) in [6.07, 6.45) is -4.15. The van der Waals surface area contributed by atoms with E-state index in [2.05, 4.69) is 9.71 Å². The average molecular weight is 513 g/mol. The summed E-state index contributed by atoms with van der Waals surface area (Å²) in [6, 6.07) is 8.73. The Morgan fingerprint density at radius 2 is 1.79 bits per heavy atom. The van der Waals surface area contributed by atoms with Crippen LogP contribution in [0.1, 0.15) is 51.8 Å². The Morgan fingerprint density at radius 3 is 2.35 bits per heavy atom. The van der Waals surface area contributed by atoms with Crippen LogP contribution in [0.2, 0.25) is 0 Å². The number of sulfonamides is 1. The minimum atomic E-state index is -4.42. The van der Waals surface area contributed by atoms with Crippen molar-refractivity contribution >= 4 is 27.3 Å². The molecule has 2 N–H and O–H groups in total. The van der Waals surface area contributed by atoms with Gasteiger partial charge in [0.25, 0.3) is 0 Å². The molecule has 6 nitrogen and oxygen atoms in total. The molecule has 0 aliphatic rings. The van der Waals surface area contributed by atoms with E-state index < -0.39 is 27.7 Å². The predicted molar refractivity (Wildman–Crippen MR) is 124 cm³/mol. The summed E-state index contributed by atoms with van der Waals surface area (Å²) < 4.78 is 66.1. The highest BCUT2D eigenvalue weighted by Crippen LogP contribution is 2.33. The van der Waals surface area contributed by atoms with Crippen molar-refractivity contribution in [2.24, 2.45) is 0 Å². The summed E-state index contributed by atoms with van der Waals surface area (Å²) in [5.41, 5.74) is 0.907. The van der Waals surface area contributed by atoms with Gasteiger partial charge in [-0.05, 0) is 42.7 Å². The van der Waals surface area contributed by atoms with Gasteiger partial charge in [0.2, 0.25) is 10.0 Å². The first-order valence-electron chi connectivity index (χ1n) is 10.3. The summed E-state index contributed by atoms with van der Waals surface area (Å²) in [5, 5.41) is 9.97. The number of nitrogens with one attached hydrogen (secondary N) is 1. The van der Waals surface area contributed by atoms with Crippen molar-refractivity contribution in [1.29, 1.82) is 0 Å². The van der Waals surface area contributed by atoms with E-state index in [0.29, 0.717) is 21.8 Å². The maximum Gasteiger partial charge on any atom is 0.416 e. The van der Waals surface area contributed by atoms with E-state index in [1.165, 1.54) is 35.6 Å². The number of benzene rings is 2. The second kappa shape index (κ2) is 9.85. The van der Waals surface area contributed by atoms with E-state index >= 15 is 0 Å². The van der Waals surface area contributed by atoms with E-state index in [0.717, 1.165) is 23.1 Å². The molecule has 0 bridgehead atoms. The Morgan fingerprint density at radius 1 is 1.15 bits per heavy atom. The van der Waals surface area contributed by atoms with Crippen LogP contribution >= 0.6 is 11.3 Å². The van der Waals surface area contributed by atoms with Gasteiger partial charge in [-0.25, -0.2) is 22.9 Å². The number of aryl methyl sites for hydroxylation is 1. The van der Waals surface area contributed by atoms with Gasteiger partial charge in [0.1, 0.15) is 5.01 Å². The zero-order chi connectivity index (χ0) is 25.3. The molecule has 0 amide bonds. The zero-order valence-electron chi connectivity index (χ0n) is 18.6. The Kier molecular flexibility index (Phi) is 7.49. The van der Waals surface area contributed by atoms with Crippen molar-refractivity contribution in [3.63, 3.8) is 0 Å². The highest BCUT2D eigenvalue weighted by Gasteiger charge is 2.30. The minimum absolute atomic E-state index is 0.0215. The fourth-order valence-corrected chi connectivity index (χ4v) is 5.39. The monoisotopic (exact) mass is 512 g/mol. The van der Waals surface area contributed by atoms with E-state index in [4.69, 9.17) is 0 Å². The minimum Gasteiger partial charge on any atom is -0.478 e. The first-order chi connectivity index (χ1) is 15.8. The number of thiazole rings is 1. The SMILES string of the molecule is Cc1sc(-c2ccc(C(F)(F)F)cc2)nc1CCNS(=O)(=O)c1ccc(C(C)C)c(C(=O)O)c1. The molecule has 11 heteroatoms. The van der Waals surface area contributed by atoms with Gasteiger partial charge in [-0.3, -0.25) is 0 Å². The number of aromatic nitrogens is 1. The normalized spacial score (nSPS) is 12.3. The quantitative estimate of drug-likeness (QED) is 0.417. The molecule has 34 heavy (non-hydrogen) atoms. The molecule has 182 valence electrons. The van der Waals surface area contributed by atoms with Crippen molar-refractivity contribution in [1.82, 2.24) is 9.71 Å². The lowest BCUT2D eigenvalue weighted by Crippen LogP contribution is -2.26. The number of carboxylic acid groups (broad SMARTS) is 1. The van der Waals surface area contributed by atoms with Crippen LogP contribution in [-0.2, 0) is 22.6 Å². The number of rotatable bonds is 8. The fourth-order valence-electron chi connectivity index (χ4n) is 3.36. The van der Waals surface area contributed by atoms with Crippen molar-refractivity contribution in [2.45, 2.75) is 44.2 Å². The molecule has 3 rings (SSSR count). The average Bonchev–Trinajstić information content (AvgIpc) is 3.13. The van der Waals surface area contributed by atoms with Crippen LogP contribution in [0.15, 0.2) is 47.4 Å². The molecule has 0 radical (unpaired) electrons. The van der Waals surface area contributed by atoms with Crippen molar-refractivity contribution in [3.05, 3.63) is 69.7 Å². The highest BCUT2D eigenvalue weighted by molar-refractivity contribution is 7.89. The molecule has 1 heterocycles. The lowest BCUT2D eigenvalue weighted by molar-refractivity contribution is -0.137. The molecule has 0 fully saturated rings. The first kappa shape index (κ1) is 25.9. The fraction of sp³-hybridized carbons (Fsp3) is 0.304. The lowest BCUT2D eigenvalue weighted by atomic mass is 9.97. The zero-order valence-corrected chi connectivity index (χ0v) is 20.2. The summed E-state index contributed by atoms with van der Waals surface area (Å²) in [4.78, 5) is 16.7. The summed E-state index contributed by atoms with van der Waals surface area (Å²) in [6.45, 7) is 5.47. The highest BCUT2D eigenvalue weighted by atomic mass is 32.2. The predicted octanol–water partition coefficient (Wildman–Crippen LogP) is 5.48. The maximum absolute atomic E-state index is 12.8. The molecule has 3 aromatic rings. The molecular weight excluding hydrogens is 489 g/mol. The van der Waals surface area contributed by atoms with Crippen LogP contribution in [0, 0.1) is 6.92 Å². The molecule has 0 atom stereocenters. The van der Waals surface area contributed by atoms with Gasteiger partial charge in [-0.1, -0.05) is 32.0 Å². The molecule has 2 aromatic carbocycles. The largest absolute Gasteiger partial charge is 0.478 e. The van der Waals surface area contributed by atoms with Gasteiger partial charge in [0.15, 0.2) is 0 Å². The van der Waals surface area contributed by atoms with Crippen LogP contribution in [0.3, 0.4) is 0 Å². The standard InChI is InChI=1S/C23H23F3N2O4S2/c1-13(2)18-9-8-17(12-19(18)22(29)30)34(31,32)27-11-10-20-14(3)33-21(28-20)15-4-6-16(7-5-15)23(24,25)26/h4-9,12-13,27H,10-11H2,1-3H3,(H,29,30). The molecular formula is C23H23F3N2O4S2. The molecule has 0 saturated carbocycles. The number of halogens is 3. The smallest absolute Gasteiger partial charge is 0.416 e. The summed E-state index contributed by atoms with van der Waals surface area (Å²) in [5.74, 6) is -1.28. The van der Waals surface area contributed by atoms with Gasteiger partial charge < -0.3 is 5.11 Å². The number of nitrogens with zero attached hydrogens (tertiary/aromatic N) is 1. The van der Waals surface area contributed by atoms with Crippen molar-refractivity contribution in [3.8, 4) is 10.6 Å². The van der Waals surface area contributed by atoms with Crippen LogP contribution in [0.4, 0.5) is 13.2 Å². The third-order valence-corrected chi connectivity index (χ3v) is 7.71. The second-order valence-electron chi connectivity index (χ2n) is 7.95. The number of carboxylic acids is 1. The third kappa shape index (κ3) is 5.83. The molecule has 0 saturated heterocycles. The summed E-state index contributed by atoms with van der Waals surface area (Å²) >= 11 is 1.31. The molecule has 1 aromatic heterocycles. The number of carbonyl (C=O) groups is 1. The van der Waals surface area contributed by atoms with Gasteiger partial charge in [-0.15, -0.1) is 11.3 Å². The van der Waals surface area contributed by atoms with Crippen molar-refractivity contribution < 1.29 is 31.5 Å². The van der Waals surface area contributed by atoms with Crippen molar-refractivity contribution in [2.75, 3.05) is 6.54 Å². The Hall–Kier alpha value is -2.76. The van der Waals surface area contributed by atoms with E-state index in [-0.39, 0.29) is 29.3 Å².